The molecule has 0 aliphatic carbocycles. The first-order chi connectivity index (χ1) is 6.45. The Morgan fingerprint density at radius 1 is 1.21 bits per heavy atom. The maximum absolute atomic E-state index is 4.34. The van der Waals surface area contributed by atoms with Crippen LogP contribution in [-0.2, 0) is 0 Å². The zero-order chi connectivity index (χ0) is 10.8. The molecule has 1 heterocycles. The molecule has 78 valence electrons. The van der Waals surface area contributed by atoms with E-state index in [9.17, 15) is 0 Å². The second-order valence-electron chi connectivity index (χ2n) is 4.71. The summed E-state index contributed by atoms with van der Waals surface area (Å²) in [7, 11) is 1.94. The predicted octanol–water partition coefficient (Wildman–Crippen LogP) is 2.09. The van der Waals surface area contributed by atoms with Crippen molar-refractivity contribution < 1.29 is 0 Å². The summed E-state index contributed by atoms with van der Waals surface area (Å²) in [5, 5.41) is 3.25. The number of hydrogen-bond acceptors (Lipinski definition) is 3. The fourth-order valence-corrected chi connectivity index (χ4v) is 1.50. The zero-order valence-electron chi connectivity index (χ0n) is 9.63. The standard InChI is InChI=1S/C11H19N3/c1-8-6-13-10(14-7-8)9(12-5)11(2,3)4/h6-7,9,12H,1-5H3. The summed E-state index contributed by atoms with van der Waals surface area (Å²) < 4.78 is 0. The largest absolute Gasteiger partial charge is 0.310 e. The van der Waals surface area contributed by atoms with E-state index in [1.807, 2.05) is 26.4 Å². The first-order valence-electron chi connectivity index (χ1n) is 4.91. The van der Waals surface area contributed by atoms with Crippen LogP contribution < -0.4 is 5.32 Å². The van der Waals surface area contributed by atoms with Crippen molar-refractivity contribution in [2.24, 2.45) is 5.41 Å². The number of aryl methyl sites for hydroxylation is 1. The van der Waals surface area contributed by atoms with E-state index >= 15 is 0 Å². The molecule has 0 amide bonds. The lowest BCUT2D eigenvalue weighted by Gasteiger charge is -2.28. The van der Waals surface area contributed by atoms with Gasteiger partial charge in [0.25, 0.3) is 0 Å². The second kappa shape index (κ2) is 4.05. The monoisotopic (exact) mass is 193 g/mol. The molecule has 3 nitrogen and oxygen atoms in total. The highest BCUT2D eigenvalue weighted by Gasteiger charge is 2.26. The minimum absolute atomic E-state index is 0.129. The molecule has 14 heavy (non-hydrogen) atoms. The van der Waals surface area contributed by atoms with Gasteiger partial charge in [-0.1, -0.05) is 20.8 Å². The number of aromatic nitrogens is 2. The van der Waals surface area contributed by atoms with Gasteiger partial charge in [-0.25, -0.2) is 9.97 Å². The van der Waals surface area contributed by atoms with Crippen LogP contribution in [0.1, 0.15) is 38.2 Å². The van der Waals surface area contributed by atoms with Gasteiger partial charge < -0.3 is 5.32 Å². The van der Waals surface area contributed by atoms with Crippen LogP contribution in [0.3, 0.4) is 0 Å². The van der Waals surface area contributed by atoms with Gasteiger partial charge in [-0.3, -0.25) is 0 Å². The summed E-state index contributed by atoms with van der Waals surface area (Å²) in [5.74, 6) is 0.866. The van der Waals surface area contributed by atoms with Gasteiger partial charge >= 0.3 is 0 Å². The molecule has 1 aromatic rings. The lowest BCUT2D eigenvalue weighted by atomic mass is 9.86. The molecule has 0 aliphatic heterocycles. The molecule has 3 heteroatoms. The van der Waals surface area contributed by atoms with Crippen LogP contribution in [0.4, 0.5) is 0 Å². The maximum Gasteiger partial charge on any atom is 0.145 e. The van der Waals surface area contributed by atoms with E-state index in [-0.39, 0.29) is 11.5 Å². The molecule has 1 N–H and O–H groups in total. The number of nitrogens with one attached hydrogen (secondary N) is 1. The Morgan fingerprint density at radius 3 is 2.07 bits per heavy atom. The summed E-state index contributed by atoms with van der Waals surface area (Å²) in [6.07, 6.45) is 3.72. The number of rotatable bonds is 2. The average molecular weight is 193 g/mol. The predicted molar refractivity (Wildman–Crippen MR) is 58.0 cm³/mol. The van der Waals surface area contributed by atoms with Crippen molar-refractivity contribution in [2.75, 3.05) is 7.05 Å². The van der Waals surface area contributed by atoms with Gasteiger partial charge in [0.2, 0.25) is 0 Å². The highest BCUT2D eigenvalue weighted by molar-refractivity contribution is 5.06. The van der Waals surface area contributed by atoms with Crippen molar-refractivity contribution in [2.45, 2.75) is 33.7 Å². The summed E-state index contributed by atoms with van der Waals surface area (Å²) in [5.41, 5.74) is 1.22. The second-order valence-corrected chi connectivity index (χ2v) is 4.71. The third kappa shape index (κ3) is 2.51. The fourth-order valence-electron chi connectivity index (χ4n) is 1.50. The van der Waals surface area contributed by atoms with Gasteiger partial charge in [0.05, 0.1) is 6.04 Å². The number of nitrogens with zero attached hydrogens (tertiary/aromatic N) is 2. The van der Waals surface area contributed by atoms with Gasteiger partial charge in [0.15, 0.2) is 0 Å². The van der Waals surface area contributed by atoms with Crippen LogP contribution in [-0.4, -0.2) is 17.0 Å². The van der Waals surface area contributed by atoms with E-state index in [4.69, 9.17) is 0 Å². The van der Waals surface area contributed by atoms with Crippen molar-refractivity contribution >= 4 is 0 Å². The summed E-state index contributed by atoms with van der Waals surface area (Å²) in [4.78, 5) is 8.68. The molecule has 0 spiro atoms. The molecule has 1 unspecified atom stereocenters. The van der Waals surface area contributed by atoms with Gasteiger partial charge in [0, 0.05) is 12.4 Å². The van der Waals surface area contributed by atoms with Crippen LogP contribution in [0, 0.1) is 12.3 Å². The normalized spacial score (nSPS) is 14.1. The Balaban J connectivity index is 2.96. The first-order valence-corrected chi connectivity index (χ1v) is 4.91. The smallest absolute Gasteiger partial charge is 0.145 e. The molecule has 1 aromatic heterocycles. The van der Waals surface area contributed by atoms with Gasteiger partial charge in [-0.2, -0.15) is 0 Å². The van der Waals surface area contributed by atoms with E-state index in [1.165, 1.54) is 0 Å². The van der Waals surface area contributed by atoms with E-state index in [0.717, 1.165) is 11.4 Å². The van der Waals surface area contributed by atoms with Crippen molar-refractivity contribution in [3.8, 4) is 0 Å². The van der Waals surface area contributed by atoms with Crippen molar-refractivity contribution in [1.82, 2.24) is 15.3 Å². The fraction of sp³-hybridized carbons (Fsp3) is 0.636. The molecule has 0 bridgehead atoms. The Labute approximate surface area is 86.0 Å². The van der Waals surface area contributed by atoms with E-state index in [0.29, 0.717) is 0 Å². The Hall–Kier alpha value is -0.960. The summed E-state index contributed by atoms with van der Waals surface area (Å²) in [6.45, 7) is 8.53. The third-order valence-electron chi connectivity index (χ3n) is 2.21. The van der Waals surface area contributed by atoms with Crippen molar-refractivity contribution in [1.29, 1.82) is 0 Å². The molecule has 0 fully saturated rings. The molecule has 0 saturated heterocycles. The lowest BCUT2D eigenvalue weighted by Crippen LogP contribution is -2.31. The van der Waals surface area contributed by atoms with Crippen molar-refractivity contribution in [3.63, 3.8) is 0 Å². The van der Waals surface area contributed by atoms with Gasteiger partial charge in [0.1, 0.15) is 5.82 Å². The van der Waals surface area contributed by atoms with Gasteiger partial charge in [-0.05, 0) is 24.9 Å². The maximum atomic E-state index is 4.34. The minimum atomic E-state index is 0.129. The van der Waals surface area contributed by atoms with E-state index in [2.05, 4.69) is 36.1 Å². The molecule has 1 atom stereocenters. The summed E-state index contributed by atoms with van der Waals surface area (Å²) in [6, 6.07) is 0.197. The van der Waals surface area contributed by atoms with Crippen LogP contribution in [0.15, 0.2) is 12.4 Å². The molecular weight excluding hydrogens is 174 g/mol. The highest BCUT2D eigenvalue weighted by atomic mass is 15.0. The van der Waals surface area contributed by atoms with Crippen molar-refractivity contribution in [3.05, 3.63) is 23.8 Å². The molecule has 0 radical (unpaired) electrons. The molecular formula is C11H19N3. The SMILES string of the molecule is CNC(c1ncc(C)cn1)C(C)(C)C. The topological polar surface area (TPSA) is 37.8 Å². The molecule has 0 aromatic carbocycles. The Morgan fingerprint density at radius 2 is 1.71 bits per heavy atom. The van der Waals surface area contributed by atoms with Crippen LogP contribution in [0.25, 0.3) is 0 Å². The van der Waals surface area contributed by atoms with Crippen LogP contribution in [0.2, 0.25) is 0 Å². The molecule has 0 saturated carbocycles. The van der Waals surface area contributed by atoms with Crippen LogP contribution >= 0.6 is 0 Å². The highest BCUT2D eigenvalue weighted by Crippen LogP contribution is 2.29. The number of hydrogen-bond donors (Lipinski definition) is 1. The van der Waals surface area contributed by atoms with E-state index < -0.39 is 0 Å². The minimum Gasteiger partial charge on any atom is -0.310 e. The zero-order valence-corrected chi connectivity index (χ0v) is 9.63. The average Bonchev–Trinajstić information content (AvgIpc) is 2.07. The Bertz CT molecular complexity index is 284. The molecule has 0 aliphatic rings. The lowest BCUT2D eigenvalue weighted by molar-refractivity contribution is 0.275. The summed E-state index contributed by atoms with van der Waals surface area (Å²) >= 11 is 0. The third-order valence-corrected chi connectivity index (χ3v) is 2.21. The molecule has 1 rings (SSSR count). The van der Waals surface area contributed by atoms with Crippen LogP contribution in [0.5, 0.6) is 0 Å². The quantitative estimate of drug-likeness (QED) is 0.781. The Kier molecular flexibility index (Phi) is 3.21. The van der Waals surface area contributed by atoms with Gasteiger partial charge in [-0.15, -0.1) is 0 Å². The van der Waals surface area contributed by atoms with E-state index in [1.54, 1.807) is 0 Å². The first kappa shape index (κ1) is 11.1.